The fourth-order valence-electron chi connectivity index (χ4n) is 0.373. The first-order valence-corrected chi connectivity index (χ1v) is 4.42. The Morgan fingerprint density at radius 2 is 1.67 bits per heavy atom. The molecule has 0 aliphatic rings. The number of alkyl halides is 4. The second-order valence-corrected chi connectivity index (χ2v) is 3.85. The molecule has 0 heterocycles. The van der Waals surface area contributed by atoms with E-state index in [0.717, 1.165) is 0 Å². The molecule has 0 spiro atoms. The second-order valence-electron chi connectivity index (χ2n) is 1.79. The van der Waals surface area contributed by atoms with E-state index in [1.165, 1.54) is 0 Å². The van der Waals surface area contributed by atoms with Crippen molar-refractivity contribution in [2.24, 2.45) is 0 Å². The van der Waals surface area contributed by atoms with E-state index < -0.39 is 0 Å². The zero-order chi connectivity index (χ0) is 7.44. The van der Waals surface area contributed by atoms with Crippen LogP contribution in [-0.4, -0.2) is 22.0 Å². The lowest BCUT2D eigenvalue weighted by atomic mass is 10.2. The van der Waals surface area contributed by atoms with Gasteiger partial charge in [0.05, 0.1) is 10.8 Å². The third-order valence-electron chi connectivity index (χ3n) is 0.932. The smallest absolute Gasteiger partial charge is 0.0672 e. The summed E-state index contributed by atoms with van der Waals surface area (Å²) in [6.45, 7) is 1.79. The van der Waals surface area contributed by atoms with E-state index in [9.17, 15) is 0 Å². The molecule has 0 radical (unpaired) electrons. The maximum absolute atomic E-state index is 5.72. The Balaban J connectivity index is 3.58. The molecule has 0 amide bonds. The van der Waals surface area contributed by atoms with Crippen molar-refractivity contribution in [2.75, 3.05) is 5.88 Å². The molecule has 0 aromatic heterocycles. The minimum Gasteiger partial charge on any atom is -0.125 e. The standard InChI is InChI=1S/C5H8Cl4/c1-3(7)5(9)4(8)2-6/h3-5H,2H2,1H3. The Morgan fingerprint density at radius 1 is 1.22 bits per heavy atom. The molecule has 0 rings (SSSR count). The molecule has 0 fully saturated rings. The third kappa shape index (κ3) is 3.77. The quantitative estimate of drug-likeness (QED) is 0.627. The number of halogens is 4. The van der Waals surface area contributed by atoms with Crippen LogP contribution in [0.2, 0.25) is 0 Å². The van der Waals surface area contributed by atoms with Gasteiger partial charge in [-0.2, -0.15) is 0 Å². The summed E-state index contributed by atoms with van der Waals surface area (Å²) in [4.78, 5) is 0. The Kier molecular flexibility index (Phi) is 5.53. The van der Waals surface area contributed by atoms with Crippen LogP contribution in [0.3, 0.4) is 0 Å². The van der Waals surface area contributed by atoms with Crippen LogP contribution in [0.1, 0.15) is 6.92 Å². The molecule has 56 valence electrons. The Morgan fingerprint density at radius 3 is 1.78 bits per heavy atom. The van der Waals surface area contributed by atoms with Crippen molar-refractivity contribution in [3.05, 3.63) is 0 Å². The Hall–Kier alpha value is 1.16. The first-order chi connectivity index (χ1) is 4.09. The van der Waals surface area contributed by atoms with E-state index in [1.54, 1.807) is 6.92 Å². The molecule has 0 aliphatic carbocycles. The van der Waals surface area contributed by atoms with E-state index in [0.29, 0.717) is 5.88 Å². The van der Waals surface area contributed by atoms with Crippen molar-refractivity contribution < 1.29 is 0 Å². The molecule has 3 unspecified atom stereocenters. The molecule has 0 nitrogen and oxygen atoms in total. The van der Waals surface area contributed by atoms with Crippen LogP contribution in [0, 0.1) is 0 Å². The Bertz CT molecular complexity index is 73.4. The van der Waals surface area contributed by atoms with Gasteiger partial charge in [0.1, 0.15) is 0 Å². The predicted octanol–water partition coefficient (Wildman–Crippen LogP) is 3.07. The van der Waals surface area contributed by atoms with Crippen LogP contribution in [0.25, 0.3) is 0 Å². The normalized spacial score (nSPS) is 21.0. The Labute approximate surface area is 75.4 Å². The van der Waals surface area contributed by atoms with Gasteiger partial charge in [-0.3, -0.25) is 0 Å². The van der Waals surface area contributed by atoms with Crippen LogP contribution in [0.4, 0.5) is 0 Å². The summed E-state index contributed by atoms with van der Waals surface area (Å²) in [5.41, 5.74) is 0. The number of hydrogen-bond donors (Lipinski definition) is 0. The van der Waals surface area contributed by atoms with E-state index in [1.807, 2.05) is 0 Å². The first-order valence-electron chi connectivity index (χ1n) is 2.57. The van der Waals surface area contributed by atoms with E-state index in [4.69, 9.17) is 46.4 Å². The second kappa shape index (κ2) is 4.90. The van der Waals surface area contributed by atoms with Gasteiger partial charge in [0.25, 0.3) is 0 Å². The van der Waals surface area contributed by atoms with Crippen molar-refractivity contribution in [1.82, 2.24) is 0 Å². The average Bonchev–Trinajstić information content (AvgIpc) is 1.84. The predicted molar refractivity (Wildman–Crippen MR) is 45.3 cm³/mol. The van der Waals surface area contributed by atoms with Gasteiger partial charge < -0.3 is 0 Å². The monoisotopic (exact) mass is 208 g/mol. The van der Waals surface area contributed by atoms with E-state index >= 15 is 0 Å². The zero-order valence-corrected chi connectivity index (χ0v) is 7.97. The molecule has 0 aromatic rings. The van der Waals surface area contributed by atoms with E-state index in [2.05, 4.69) is 0 Å². The van der Waals surface area contributed by atoms with Crippen molar-refractivity contribution >= 4 is 46.4 Å². The lowest BCUT2D eigenvalue weighted by Crippen LogP contribution is -2.24. The van der Waals surface area contributed by atoms with Crippen LogP contribution in [-0.2, 0) is 0 Å². The molecule has 0 saturated heterocycles. The molecule has 0 N–H and O–H groups in total. The van der Waals surface area contributed by atoms with Gasteiger partial charge in [0.15, 0.2) is 0 Å². The summed E-state index contributed by atoms with van der Waals surface area (Å²) in [6, 6.07) is 0. The summed E-state index contributed by atoms with van der Waals surface area (Å²) in [6.07, 6.45) is 0. The maximum atomic E-state index is 5.72. The average molecular weight is 210 g/mol. The maximum Gasteiger partial charge on any atom is 0.0672 e. The van der Waals surface area contributed by atoms with Gasteiger partial charge in [0, 0.05) is 11.3 Å². The first kappa shape index (κ1) is 10.2. The molecule has 0 saturated carbocycles. The largest absolute Gasteiger partial charge is 0.125 e. The number of hydrogen-bond acceptors (Lipinski definition) is 0. The molecular weight excluding hydrogens is 202 g/mol. The molecule has 0 bridgehead atoms. The lowest BCUT2D eigenvalue weighted by Gasteiger charge is -2.14. The minimum atomic E-state index is -0.245. The molecular formula is C5H8Cl4. The summed E-state index contributed by atoms with van der Waals surface area (Å²) in [5, 5.41) is -0.611. The SMILES string of the molecule is CC(Cl)C(Cl)C(Cl)CCl. The summed E-state index contributed by atoms with van der Waals surface area (Å²) >= 11 is 22.4. The highest BCUT2D eigenvalue weighted by atomic mass is 35.5. The fraction of sp³-hybridized carbons (Fsp3) is 1.00. The van der Waals surface area contributed by atoms with Crippen molar-refractivity contribution in [3.63, 3.8) is 0 Å². The molecule has 4 heteroatoms. The minimum absolute atomic E-state index is 0.132. The van der Waals surface area contributed by atoms with Gasteiger partial charge in [-0.1, -0.05) is 0 Å². The highest BCUT2D eigenvalue weighted by Crippen LogP contribution is 2.18. The molecule has 0 aromatic carbocycles. The third-order valence-corrected chi connectivity index (χ3v) is 3.06. The lowest BCUT2D eigenvalue weighted by molar-refractivity contribution is 0.801. The van der Waals surface area contributed by atoms with Crippen molar-refractivity contribution in [3.8, 4) is 0 Å². The van der Waals surface area contributed by atoms with Gasteiger partial charge in [-0.15, -0.1) is 46.4 Å². The van der Waals surface area contributed by atoms with Crippen LogP contribution >= 0.6 is 46.4 Å². The zero-order valence-electron chi connectivity index (χ0n) is 4.95. The summed E-state index contributed by atoms with van der Waals surface area (Å²) < 4.78 is 0. The van der Waals surface area contributed by atoms with Gasteiger partial charge in [-0.25, -0.2) is 0 Å². The van der Waals surface area contributed by atoms with Crippen molar-refractivity contribution in [1.29, 1.82) is 0 Å². The van der Waals surface area contributed by atoms with Crippen LogP contribution in [0.5, 0.6) is 0 Å². The highest BCUT2D eigenvalue weighted by molar-refractivity contribution is 6.37. The molecule has 0 aliphatic heterocycles. The van der Waals surface area contributed by atoms with Crippen molar-refractivity contribution in [2.45, 2.75) is 23.1 Å². The van der Waals surface area contributed by atoms with Gasteiger partial charge in [-0.05, 0) is 6.92 Å². The van der Waals surface area contributed by atoms with Gasteiger partial charge >= 0.3 is 0 Å². The van der Waals surface area contributed by atoms with Crippen LogP contribution in [0.15, 0.2) is 0 Å². The van der Waals surface area contributed by atoms with Gasteiger partial charge in [0.2, 0.25) is 0 Å². The molecule has 9 heavy (non-hydrogen) atoms. The highest BCUT2D eigenvalue weighted by Gasteiger charge is 2.20. The topological polar surface area (TPSA) is 0 Å². The fourth-order valence-corrected chi connectivity index (χ4v) is 1.21. The number of rotatable bonds is 3. The summed E-state index contributed by atoms with van der Waals surface area (Å²) in [7, 11) is 0. The van der Waals surface area contributed by atoms with E-state index in [-0.39, 0.29) is 16.1 Å². The molecule has 3 atom stereocenters. The summed E-state index contributed by atoms with van der Waals surface area (Å²) in [5.74, 6) is 0.340. The van der Waals surface area contributed by atoms with Crippen LogP contribution < -0.4 is 0 Å².